The molecule has 0 aromatic heterocycles. The summed E-state index contributed by atoms with van der Waals surface area (Å²) >= 11 is 0. The lowest BCUT2D eigenvalue weighted by Crippen LogP contribution is -2.35. The van der Waals surface area contributed by atoms with E-state index in [-0.39, 0.29) is 35.4 Å². The highest BCUT2D eigenvalue weighted by molar-refractivity contribution is 7.90. The Balaban J connectivity index is 1.83. The van der Waals surface area contributed by atoms with Crippen molar-refractivity contribution >= 4 is 21.8 Å². The largest absolute Gasteiger partial charge is 0.379 e. The Morgan fingerprint density at radius 2 is 2.00 bits per heavy atom. The van der Waals surface area contributed by atoms with Crippen LogP contribution in [0.5, 0.6) is 0 Å². The maximum atomic E-state index is 12.3. The summed E-state index contributed by atoms with van der Waals surface area (Å²) in [6.45, 7) is 4.71. The minimum atomic E-state index is -3.85. The van der Waals surface area contributed by atoms with Crippen molar-refractivity contribution in [3.8, 4) is 0 Å². The van der Waals surface area contributed by atoms with Crippen LogP contribution in [0.3, 0.4) is 0 Å². The van der Waals surface area contributed by atoms with Gasteiger partial charge in [0, 0.05) is 26.1 Å². The lowest BCUT2D eigenvalue weighted by atomic mass is 10.2. The molecule has 132 valence electrons. The minimum absolute atomic E-state index is 0.00115. The van der Waals surface area contributed by atoms with Crippen LogP contribution in [-0.2, 0) is 19.6 Å². The molecule has 0 spiro atoms. The summed E-state index contributed by atoms with van der Waals surface area (Å²) in [5.74, 6) is -0.873. The van der Waals surface area contributed by atoms with Gasteiger partial charge in [0.15, 0.2) is 0 Å². The molecular weight excluding hydrogens is 332 g/mol. The predicted molar refractivity (Wildman–Crippen MR) is 88.0 cm³/mol. The lowest BCUT2D eigenvalue weighted by molar-refractivity contribution is -0.121. The van der Waals surface area contributed by atoms with Crippen molar-refractivity contribution in [2.45, 2.75) is 37.7 Å². The average Bonchev–Trinajstić information content (AvgIpc) is 2.72. The number of fused-ring (bicyclic) bond motifs is 1. The molecule has 0 saturated heterocycles. The van der Waals surface area contributed by atoms with Gasteiger partial charge in [0.05, 0.1) is 11.7 Å². The Morgan fingerprint density at radius 1 is 1.29 bits per heavy atom. The van der Waals surface area contributed by atoms with E-state index in [0.717, 1.165) is 4.31 Å². The minimum Gasteiger partial charge on any atom is -0.379 e. The number of carbonyl (C=O) groups excluding carboxylic acids is 2. The summed E-state index contributed by atoms with van der Waals surface area (Å²) in [5.41, 5.74) is 0.156. The fourth-order valence-corrected chi connectivity index (χ4v) is 3.93. The summed E-state index contributed by atoms with van der Waals surface area (Å²) in [6, 6.07) is 6.06. The van der Waals surface area contributed by atoms with Crippen molar-refractivity contribution in [1.29, 1.82) is 0 Å². The summed E-state index contributed by atoms with van der Waals surface area (Å²) in [6.07, 6.45) is 0.758. The number of ether oxygens (including phenoxy) is 1. The van der Waals surface area contributed by atoms with Crippen molar-refractivity contribution < 1.29 is 22.7 Å². The van der Waals surface area contributed by atoms with Gasteiger partial charge >= 0.3 is 0 Å². The summed E-state index contributed by atoms with van der Waals surface area (Å²) in [7, 11) is -3.85. The maximum absolute atomic E-state index is 12.3. The van der Waals surface area contributed by atoms with Crippen molar-refractivity contribution in [1.82, 2.24) is 9.62 Å². The Bertz CT molecular complexity index is 715. The molecular formula is C16H22N2O5S. The normalized spacial score (nSPS) is 15.6. The molecule has 0 fully saturated rings. The van der Waals surface area contributed by atoms with Gasteiger partial charge < -0.3 is 10.1 Å². The highest BCUT2D eigenvalue weighted by atomic mass is 32.2. The van der Waals surface area contributed by atoms with E-state index in [1.807, 2.05) is 13.8 Å². The number of nitrogens with one attached hydrogen (secondary N) is 1. The molecule has 24 heavy (non-hydrogen) atoms. The first kappa shape index (κ1) is 18.4. The third-order valence-corrected chi connectivity index (χ3v) is 5.39. The van der Waals surface area contributed by atoms with Crippen molar-refractivity contribution in [2.75, 3.05) is 19.7 Å². The highest BCUT2D eigenvalue weighted by Gasteiger charge is 2.40. The Hall–Kier alpha value is -1.93. The number of rotatable bonds is 8. The van der Waals surface area contributed by atoms with E-state index < -0.39 is 15.9 Å². The highest BCUT2D eigenvalue weighted by Crippen LogP contribution is 2.29. The molecule has 7 nitrogen and oxygen atoms in total. The second-order valence-electron chi connectivity index (χ2n) is 5.75. The molecule has 0 atom stereocenters. The fraction of sp³-hybridized carbons (Fsp3) is 0.500. The maximum Gasteiger partial charge on any atom is 0.269 e. The van der Waals surface area contributed by atoms with Crippen LogP contribution in [-0.4, -0.2) is 50.3 Å². The SMILES string of the molecule is CC(C)OCCCNC(=O)CCN1C(=O)c2ccccc2S1(=O)=O. The van der Waals surface area contributed by atoms with Gasteiger partial charge in [0.2, 0.25) is 5.91 Å². The molecule has 1 N–H and O–H groups in total. The van der Waals surface area contributed by atoms with Crippen LogP contribution in [0.4, 0.5) is 0 Å². The third kappa shape index (κ3) is 4.12. The number of hydrogen-bond donors (Lipinski definition) is 1. The molecule has 2 rings (SSSR count). The number of benzene rings is 1. The topological polar surface area (TPSA) is 92.8 Å². The van der Waals surface area contributed by atoms with E-state index in [2.05, 4.69) is 5.32 Å². The molecule has 0 bridgehead atoms. The molecule has 0 unspecified atom stereocenters. The second-order valence-corrected chi connectivity index (χ2v) is 7.58. The molecule has 1 aromatic carbocycles. The standard InChI is InChI=1S/C16H22N2O5S/c1-12(2)23-11-5-9-17-15(19)8-10-18-16(20)13-6-3-4-7-14(13)24(18,21)22/h3-4,6-7,12H,5,8-11H2,1-2H3,(H,17,19). The summed E-state index contributed by atoms with van der Waals surface area (Å²) < 4.78 is 30.8. The Labute approximate surface area is 142 Å². The number of hydrogen-bond acceptors (Lipinski definition) is 5. The number of nitrogens with zero attached hydrogens (tertiary/aromatic N) is 1. The van der Waals surface area contributed by atoms with Crippen LogP contribution < -0.4 is 5.32 Å². The monoisotopic (exact) mass is 354 g/mol. The van der Waals surface area contributed by atoms with Crippen LogP contribution in [0.15, 0.2) is 29.2 Å². The van der Waals surface area contributed by atoms with Crippen molar-refractivity contribution in [2.24, 2.45) is 0 Å². The van der Waals surface area contributed by atoms with Crippen LogP contribution >= 0.6 is 0 Å². The van der Waals surface area contributed by atoms with Crippen molar-refractivity contribution in [3.05, 3.63) is 29.8 Å². The molecule has 0 radical (unpaired) electrons. The van der Waals surface area contributed by atoms with E-state index in [4.69, 9.17) is 4.74 Å². The Kier molecular flexibility index (Phi) is 5.95. The van der Waals surface area contributed by atoms with Gasteiger partial charge in [-0.05, 0) is 32.4 Å². The average molecular weight is 354 g/mol. The first-order valence-corrected chi connectivity index (χ1v) is 9.32. The van der Waals surface area contributed by atoms with Gasteiger partial charge in [0.1, 0.15) is 4.90 Å². The van der Waals surface area contributed by atoms with Gasteiger partial charge in [-0.1, -0.05) is 12.1 Å². The molecule has 1 aliphatic heterocycles. The first-order chi connectivity index (χ1) is 11.3. The van der Waals surface area contributed by atoms with Gasteiger partial charge in [0.25, 0.3) is 15.9 Å². The zero-order chi connectivity index (χ0) is 17.7. The molecule has 8 heteroatoms. The van der Waals surface area contributed by atoms with E-state index in [1.54, 1.807) is 12.1 Å². The van der Waals surface area contributed by atoms with E-state index in [1.165, 1.54) is 12.1 Å². The number of carbonyl (C=O) groups is 2. The van der Waals surface area contributed by atoms with E-state index in [0.29, 0.717) is 19.6 Å². The number of sulfonamides is 1. The smallest absolute Gasteiger partial charge is 0.269 e. The van der Waals surface area contributed by atoms with Gasteiger partial charge in [-0.25, -0.2) is 12.7 Å². The van der Waals surface area contributed by atoms with Crippen LogP contribution in [0.2, 0.25) is 0 Å². The molecule has 1 heterocycles. The number of amides is 2. The molecule has 2 amide bonds. The fourth-order valence-electron chi connectivity index (χ4n) is 2.36. The van der Waals surface area contributed by atoms with Gasteiger partial charge in [-0.2, -0.15) is 0 Å². The van der Waals surface area contributed by atoms with E-state index in [9.17, 15) is 18.0 Å². The predicted octanol–water partition coefficient (Wildman–Crippen LogP) is 1.15. The third-order valence-electron chi connectivity index (χ3n) is 3.55. The molecule has 1 aliphatic rings. The van der Waals surface area contributed by atoms with Crippen molar-refractivity contribution in [3.63, 3.8) is 0 Å². The summed E-state index contributed by atoms with van der Waals surface area (Å²) in [5, 5.41) is 2.69. The summed E-state index contributed by atoms with van der Waals surface area (Å²) in [4.78, 5) is 24.0. The van der Waals surface area contributed by atoms with Crippen LogP contribution in [0, 0.1) is 0 Å². The Morgan fingerprint density at radius 3 is 2.67 bits per heavy atom. The zero-order valence-corrected chi connectivity index (χ0v) is 14.6. The quantitative estimate of drug-likeness (QED) is 0.707. The molecule has 0 saturated carbocycles. The second kappa shape index (κ2) is 7.76. The van der Waals surface area contributed by atoms with Gasteiger partial charge in [-0.15, -0.1) is 0 Å². The first-order valence-electron chi connectivity index (χ1n) is 7.88. The van der Waals surface area contributed by atoms with E-state index >= 15 is 0 Å². The molecule has 0 aliphatic carbocycles. The zero-order valence-electron chi connectivity index (χ0n) is 13.8. The van der Waals surface area contributed by atoms with Crippen LogP contribution in [0.1, 0.15) is 37.0 Å². The van der Waals surface area contributed by atoms with Gasteiger partial charge in [-0.3, -0.25) is 9.59 Å². The molecule has 1 aromatic rings. The lowest BCUT2D eigenvalue weighted by Gasteiger charge is -2.14. The van der Waals surface area contributed by atoms with Crippen LogP contribution in [0.25, 0.3) is 0 Å².